The molecule has 1 heterocycles. The van der Waals surface area contributed by atoms with Gasteiger partial charge in [-0.3, -0.25) is 0 Å². The van der Waals surface area contributed by atoms with Crippen LogP contribution in [0, 0.1) is 5.92 Å². The smallest absolute Gasteiger partial charge is 0.225 e. The first-order valence-corrected chi connectivity index (χ1v) is 12.6. The van der Waals surface area contributed by atoms with E-state index >= 15 is 0 Å². The number of benzene rings is 2. The van der Waals surface area contributed by atoms with E-state index in [1.54, 1.807) is 14.2 Å². The fraction of sp³-hybridized carbons (Fsp3) is 0.462. The maximum Gasteiger partial charge on any atom is 0.225 e. The first-order valence-electron chi connectivity index (χ1n) is 11.8. The highest BCUT2D eigenvalue weighted by Crippen LogP contribution is 2.33. The molecule has 0 saturated heterocycles. The average molecular weight is 528 g/mol. The van der Waals surface area contributed by atoms with Gasteiger partial charge in [0.15, 0.2) is 0 Å². The van der Waals surface area contributed by atoms with Crippen LogP contribution in [0.2, 0.25) is 0 Å². The Balaban J connectivity index is 1.29. The van der Waals surface area contributed by atoms with Crippen molar-refractivity contribution < 1.29 is 9.47 Å². The minimum atomic E-state index is 0.407. The van der Waals surface area contributed by atoms with Crippen LogP contribution in [-0.2, 0) is 6.54 Å². The Kier molecular flexibility index (Phi) is 8.11. The molecule has 0 spiro atoms. The van der Waals surface area contributed by atoms with E-state index in [1.807, 2.05) is 43.3 Å². The van der Waals surface area contributed by atoms with E-state index < -0.39 is 0 Å². The fourth-order valence-corrected chi connectivity index (χ4v) is 5.18. The standard InChI is InChI=1S/C26H34BrN5O2/c1-32(2)25-20-7-5-6-8-22(20)30-26(31-25)29-19-11-9-17(10-12-19)15-28-16-18-13-21(27)24(34-4)14-23(18)33-3/h5-8,13-14,17,19,28H,9-12,15-16H2,1-4H3,(H,29,30,31)/t17-,19+. The monoisotopic (exact) mass is 527 g/mol. The van der Waals surface area contributed by atoms with E-state index in [9.17, 15) is 0 Å². The van der Waals surface area contributed by atoms with Crippen molar-refractivity contribution in [1.29, 1.82) is 0 Å². The topological polar surface area (TPSA) is 71.5 Å². The molecule has 0 aliphatic heterocycles. The number of nitrogens with zero attached hydrogens (tertiary/aromatic N) is 3. The molecule has 2 aromatic carbocycles. The molecule has 0 bridgehead atoms. The zero-order valence-corrected chi connectivity index (χ0v) is 22.0. The molecule has 34 heavy (non-hydrogen) atoms. The molecular formula is C26H34BrN5O2. The number of anilines is 2. The maximum atomic E-state index is 5.54. The lowest BCUT2D eigenvalue weighted by molar-refractivity contribution is 0.322. The lowest BCUT2D eigenvalue weighted by Gasteiger charge is -2.29. The molecule has 7 nitrogen and oxygen atoms in total. The van der Waals surface area contributed by atoms with Crippen molar-refractivity contribution in [2.75, 3.05) is 45.1 Å². The van der Waals surface area contributed by atoms with E-state index in [1.165, 1.54) is 12.8 Å². The van der Waals surface area contributed by atoms with Gasteiger partial charge in [-0.25, -0.2) is 4.98 Å². The summed E-state index contributed by atoms with van der Waals surface area (Å²) in [7, 11) is 7.41. The molecule has 4 rings (SSSR count). The first kappa shape index (κ1) is 24.5. The van der Waals surface area contributed by atoms with Gasteiger partial charge in [0.1, 0.15) is 17.3 Å². The Morgan fingerprint density at radius 1 is 1.00 bits per heavy atom. The Morgan fingerprint density at radius 2 is 1.74 bits per heavy atom. The summed E-state index contributed by atoms with van der Waals surface area (Å²) in [5, 5.41) is 8.30. The molecule has 1 aliphatic rings. The highest BCUT2D eigenvalue weighted by Gasteiger charge is 2.22. The van der Waals surface area contributed by atoms with E-state index in [0.29, 0.717) is 12.0 Å². The maximum absolute atomic E-state index is 5.54. The Hall–Kier alpha value is -2.58. The molecule has 182 valence electrons. The molecule has 8 heteroatoms. The van der Waals surface area contributed by atoms with E-state index in [4.69, 9.17) is 19.4 Å². The molecule has 3 aromatic rings. The second-order valence-corrected chi connectivity index (χ2v) is 9.93. The van der Waals surface area contributed by atoms with Gasteiger partial charge in [-0.05, 0) is 72.3 Å². The quantitative estimate of drug-likeness (QED) is 0.394. The number of methoxy groups -OCH3 is 2. The van der Waals surface area contributed by atoms with E-state index in [0.717, 1.165) is 70.1 Å². The number of hydrogen-bond acceptors (Lipinski definition) is 7. The van der Waals surface area contributed by atoms with Crippen molar-refractivity contribution in [1.82, 2.24) is 15.3 Å². The number of aromatic nitrogens is 2. The molecule has 2 N–H and O–H groups in total. The van der Waals surface area contributed by atoms with Crippen molar-refractivity contribution >= 4 is 38.6 Å². The summed E-state index contributed by atoms with van der Waals surface area (Å²) in [6, 6.07) is 12.6. The molecule has 1 aromatic heterocycles. The van der Waals surface area contributed by atoms with Crippen molar-refractivity contribution in [2.24, 2.45) is 5.92 Å². The van der Waals surface area contributed by atoms with Crippen LogP contribution in [0.25, 0.3) is 10.9 Å². The number of para-hydroxylation sites is 1. The van der Waals surface area contributed by atoms with E-state index in [-0.39, 0.29) is 0 Å². The summed E-state index contributed by atoms with van der Waals surface area (Å²) in [5.41, 5.74) is 2.10. The third-order valence-electron chi connectivity index (χ3n) is 6.49. The zero-order chi connectivity index (χ0) is 24.1. The minimum Gasteiger partial charge on any atom is -0.496 e. The molecule has 1 fully saturated rings. The van der Waals surface area contributed by atoms with Crippen LogP contribution >= 0.6 is 15.9 Å². The first-order chi connectivity index (χ1) is 16.5. The van der Waals surface area contributed by atoms with Crippen molar-refractivity contribution in [3.63, 3.8) is 0 Å². The zero-order valence-electron chi connectivity index (χ0n) is 20.4. The van der Waals surface area contributed by atoms with Gasteiger partial charge >= 0.3 is 0 Å². The number of ether oxygens (including phenoxy) is 2. The summed E-state index contributed by atoms with van der Waals surface area (Å²) in [4.78, 5) is 11.6. The van der Waals surface area contributed by atoms with Gasteiger partial charge in [-0.15, -0.1) is 0 Å². The Labute approximate surface area is 210 Å². The highest BCUT2D eigenvalue weighted by molar-refractivity contribution is 9.10. The molecule has 1 aliphatic carbocycles. The predicted octanol–water partition coefficient (Wildman–Crippen LogP) is 5.24. The number of nitrogens with one attached hydrogen (secondary N) is 2. The molecule has 0 radical (unpaired) electrons. The molecule has 0 unspecified atom stereocenters. The number of rotatable bonds is 9. The van der Waals surface area contributed by atoms with Gasteiger partial charge < -0.3 is 25.0 Å². The van der Waals surface area contributed by atoms with E-state index in [2.05, 4.69) is 38.7 Å². The van der Waals surface area contributed by atoms with Crippen molar-refractivity contribution in [3.05, 3.63) is 46.4 Å². The molecular weight excluding hydrogens is 494 g/mol. The van der Waals surface area contributed by atoms with Crippen LogP contribution in [0.5, 0.6) is 11.5 Å². The van der Waals surface area contributed by atoms with Crippen LogP contribution in [-0.4, -0.2) is 50.9 Å². The number of hydrogen-bond donors (Lipinski definition) is 2. The Bertz CT molecular complexity index is 1120. The van der Waals surface area contributed by atoms with Crippen molar-refractivity contribution in [3.8, 4) is 11.5 Å². The van der Waals surface area contributed by atoms with Gasteiger partial charge in [0.2, 0.25) is 5.95 Å². The average Bonchev–Trinajstić information content (AvgIpc) is 2.84. The van der Waals surface area contributed by atoms with Crippen molar-refractivity contribution in [2.45, 2.75) is 38.3 Å². The van der Waals surface area contributed by atoms with Gasteiger partial charge in [-0.2, -0.15) is 4.98 Å². The lowest BCUT2D eigenvalue weighted by atomic mass is 9.86. The third kappa shape index (κ3) is 5.73. The van der Waals surface area contributed by atoms with Crippen LogP contribution in [0.1, 0.15) is 31.2 Å². The normalized spacial score (nSPS) is 18.0. The molecule has 1 saturated carbocycles. The second-order valence-electron chi connectivity index (χ2n) is 9.07. The summed E-state index contributed by atoms with van der Waals surface area (Å²) in [6.07, 6.45) is 4.61. The second kappa shape index (κ2) is 11.2. The third-order valence-corrected chi connectivity index (χ3v) is 7.11. The number of halogens is 1. The largest absolute Gasteiger partial charge is 0.496 e. The van der Waals surface area contributed by atoms with Crippen LogP contribution in [0.15, 0.2) is 40.9 Å². The lowest BCUT2D eigenvalue weighted by Crippen LogP contribution is -2.31. The summed E-state index contributed by atoms with van der Waals surface area (Å²) < 4.78 is 11.8. The van der Waals surface area contributed by atoms with Crippen LogP contribution in [0.3, 0.4) is 0 Å². The Morgan fingerprint density at radius 3 is 2.44 bits per heavy atom. The van der Waals surface area contributed by atoms with Crippen LogP contribution in [0.4, 0.5) is 11.8 Å². The molecule has 0 amide bonds. The minimum absolute atomic E-state index is 0.407. The summed E-state index contributed by atoms with van der Waals surface area (Å²) in [6.45, 7) is 1.76. The van der Waals surface area contributed by atoms with Crippen LogP contribution < -0.4 is 25.0 Å². The van der Waals surface area contributed by atoms with Gasteiger partial charge in [0.25, 0.3) is 0 Å². The van der Waals surface area contributed by atoms with Gasteiger partial charge in [-0.1, -0.05) is 12.1 Å². The predicted molar refractivity (Wildman–Crippen MR) is 142 cm³/mol. The highest BCUT2D eigenvalue weighted by atomic mass is 79.9. The van der Waals surface area contributed by atoms with Gasteiger partial charge in [0, 0.05) is 43.7 Å². The SMILES string of the molecule is COc1cc(OC)c(CNC[C@H]2CC[C@@H](Nc3nc(N(C)C)c4ccccc4n3)CC2)cc1Br. The number of fused-ring (bicyclic) bond motifs is 1. The summed E-state index contributed by atoms with van der Waals surface area (Å²) in [5.74, 6) is 3.96. The summed E-state index contributed by atoms with van der Waals surface area (Å²) >= 11 is 3.57. The fourth-order valence-electron chi connectivity index (χ4n) is 4.63. The van der Waals surface area contributed by atoms with Gasteiger partial charge in [0.05, 0.1) is 24.2 Å². The molecule has 0 atom stereocenters.